The highest BCUT2D eigenvalue weighted by Gasteiger charge is 2.18. The van der Waals surface area contributed by atoms with Crippen LogP contribution in [0.25, 0.3) is 11.8 Å². The van der Waals surface area contributed by atoms with Gasteiger partial charge in [-0.1, -0.05) is 17.7 Å². The van der Waals surface area contributed by atoms with Crippen LogP contribution in [0.5, 0.6) is 11.5 Å². The average molecular weight is 486 g/mol. The van der Waals surface area contributed by atoms with Crippen molar-refractivity contribution in [3.8, 4) is 17.2 Å². The van der Waals surface area contributed by atoms with Gasteiger partial charge in [0, 0.05) is 18.2 Å². The number of esters is 1. The molecule has 10 heteroatoms. The first-order valence-electron chi connectivity index (χ1n) is 10.4. The SMILES string of the molecule is Cc1nn(-c2ccc(F)cc2)c(Cl)c1C=CC(=O)OC(C)C(=O)NCc1ccc2c(c1)OCO2. The number of benzene rings is 2. The topological polar surface area (TPSA) is 91.7 Å². The van der Waals surface area contributed by atoms with Gasteiger partial charge in [0.1, 0.15) is 11.0 Å². The zero-order valence-electron chi connectivity index (χ0n) is 18.4. The van der Waals surface area contributed by atoms with E-state index in [0.29, 0.717) is 28.4 Å². The van der Waals surface area contributed by atoms with E-state index in [1.807, 2.05) is 6.07 Å². The lowest BCUT2D eigenvalue weighted by atomic mass is 10.2. The third kappa shape index (κ3) is 5.20. The Morgan fingerprint density at radius 3 is 2.74 bits per heavy atom. The van der Waals surface area contributed by atoms with Gasteiger partial charge in [0.25, 0.3) is 5.91 Å². The minimum atomic E-state index is -1.01. The molecule has 2 aromatic carbocycles. The first kappa shape index (κ1) is 23.3. The number of aromatic nitrogens is 2. The summed E-state index contributed by atoms with van der Waals surface area (Å²) in [5, 5.41) is 7.30. The van der Waals surface area contributed by atoms with E-state index >= 15 is 0 Å². The summed E-state index contributed by atoms with van der Waals surface area (Å²) in [4.78, 5) is 24.6. The van der Waals surface area contributed by atoms with E-state index in [9.17, 15) is 14.0 Å². The van der Waals surface area contributed by atoms with Crippen molar-refractivity contribution in [2.45, 2.75) is 26.5 Å². The zero-order chi connectivity index (χ0) is 24.2. The van der Waals surface area contributed by atoms with Gasteiger partial charge in [-0.15, -0.1) is 0 Å². The lowest BCUT2D eigenvalue weighted by Crippen LogP contribution is -2.35. The lowest BCUT2D eigenvalue weighted by molar-refractivity contribution is -0.150. The smallest absolute Gasteiger partial charge is 0.331 e. The summed E-state index contributed by atoms with van der Waals surface area (Å²) in [6.45, 7) is 3.61. The van der Waals surface area contributed by atoms with E-state index in [-0.39, 0.29) is 24.3 Å². The van der Waals surface area contributed by atoms with Crippen LogP contribution in [0, 0.1) is 12.7 Å². The van der Waals surface area contributed by atoms with Crippen molar-refractivity contribution < 1.29 is 28.2 Å². The highest BCUT2D eigenvalue weighted by atomic mass is 35.5. The Kier molecular flexibility index (Phi) is 6.83. The van der Waals surface area contributed by atoms with Crippen molar-refractivity contribution in [1.29, 1.82) is 0 Å². The van der Waals surface area contributed by atoms with Crippen LogP contribution in [0.15, 0.2) is 48.5 Å². The number of carbonyl (C=O) groups excluding carboxylic acids is 2. The Balaban J connectivity index is 1.33. The minimum Gasteiger partial charge on any atom is -0.454 e. The molecule has 4 rings (SSSR count). The highest BCUT2D eigenvalue weighted by molar-refractivity contribution is 6.31. The van der Waals surface area contributed by atoms with E-state index in [2.05, 4.69) is 10.4 Å². The molecule has 176 valence electrons. The molecule has 8 nitrogen and oxygen atoms in total. The monoisotopic (exact) mass is 485 g/mol. The molecular weight excluding hydrogens is 465 g/mol. The molecule has 1 aliphatic rings. The molecule has 3 aromatic rings. The standard InChI is InChI=1S/C24H21ClFN3O5/c1-14-19(23(25)29(28-14)18-6-4-17(26)5-7-18)8-10-22(30)34-15(2)24(31)27-12-16-3-9-20-21(11-16)33-13-32-20/h3-11,15H,12-13H2,1-2H3,(H,27,31). The fraction of sp³-hybridized carbons (Fsp3) is 0.208. The second-order valence-corrected chi connectivity index (χ2v) is 7.85. The molecule has 0 saturated heterocycles. The predicted molar refractivity (Wildman–Crippen MR) is 122 cm³/mol. The second kappa shape index (κ2) is 9.96. The summed E-state index contributed by atoms with van der Waals surface area (Å²) in [6, 6.07) is 11.0. The largest absolute Gasteiger partial charge is 0.454 e. The van der Waals surface area contributed by atoms with Crippen molar-refractivity contribution in [2.24, 2.45) is 0 Å². The number of fused-ring (bicyclic) bond motifs is 1. The Morgan fingerprint density at radius 2 is 1.97 bits per heavy atom. The maximum atomic E-state index is 13.2. The van der Waals surface area contributed by atoms with Gasteiger partial charge in [-0.2, -0.15) is 5.10 Å². The quantitative estimate of drug-likeness (QED) is 0.402. The molecule has 1 aromatic heterocycles. The summed E-state index contributed by atoms with van der Waals surface area (Å²) in [6.07, 6.45) is 1.63. The second-order valence-electron chi connectivity index (χ2n) is 7.50. The Labute approximate surface area is 199 Å². The molecule has 0 bridgehead atoms. The number of hydrogen-bond acceptors (Lipinski definition) is 6. The summed E-state index contributed by atoms with van der Waals surface area (Å²) in [7, 11) is 0. The maximum Gasteiger partial charge on any atom is 0.331 e. The fourth-order valence-corrected chi connectivity index (χ4v) is 3.59. The van der Waals surface area contributed by atoms with Crippen molar-refractivity contribution in [2.75, 3.05) is 6.79 Å². The molecule has 0 saturated carbocycles. The Bertz CT molecular complexity index is 1260. The number of nitrogens with zero attached hydrogens (tertiary/aromatic N) is 2. The molecule has 1 amide bonds. The van der Waals surface area contributed by atoms with Crippen molar-refractivity contribution >= 4 is 29.6 Å². The van der Waals surface area contributed by atoms with E-state index in [0.717, 1.165) is 5.56 Å². The van der Waals surface area contributed by atoms with Crippen LogP contribution in [-0.2, 0) is 20.9 Å². The van der Waals surface area contributed by atoms with Crippen LogP contribution in [-0.4, -0.2) is 34.6 Å². The third-order valence-electron chi connectivity index (χ3n) is 5.07. The van der Waals surface area contributed by atoms with Crippen LogP contribution < -0.4 is 14.8 Å². The first-order valence-corrected chi connectivity index (χ1v) is 10.8. The summed E-state index contributed by atoms with van der Waals surface area (Å²) in [5.41, 5.74) is 2.46. The van der Waals surface area contributed by atoms with Crippen molar-refractivity contribution in [3.63, 3.8) is 0 Å². The molecule has 34 heavy (non-hydrogen) atoms. The molecule has 0 aliphatic carbocycles. The highest BCUT2D eigenvalue weighted by Crippen LogP contribution is 2.32. The van der Waals surface area contributed by atoms with Crippen LogP contribution in [0.2, 0.25) is 5.15 Å². The number of ether oxygens (including phenoxy) is 3. The van der Waals surface area contributed by atoms with Gasteiger partial charge in [0.2, 0.25) is 6.79 Å². The number of carbonyl (C=O) groups is 2. The number of halogens is 2. The number of rotatable bonds is 7. The van der Waals surface area contributed by atoms with Gasteiger partial charge in [0.05, 0.1) is 11.4 Å². The Morgan fingerprint density at radius 1 is 1.24 bits per heavy atom. The predicted octanol–water partition coefficient (Wildman–Crippen LogP) is 3.96. The van der Waals surface area contributed by atoms with Crippen LogP contribution in [0.1, 0.15) is 23.7 Å². The third-order valence-corrected chi connectivity index (χ3v) is 5.43. The van der Waals surface area contributed by atoms with Crippen LogP contribution >= 0.6 is 11.6 Å². The lowest BCUT2D eigenvalue weighted by Gasteiger charge is -2.12. The van der Waals surface area contributed by atoms with Gasteiger partial charge in [-0.05, 0) is 61.9 Å². The van der Waals surface area contributed by atoms with Gasteiger partial charge < -0.3 is 19.5 Å². The van der Waals surface area contributed by atoms with E-state index < -0.39 is 18.0 Å². The molecule has 0 fully saturated rings. The molecule has 2 heterocycles. The van der Waals surface area contributed by atoms with E-state index in [1.54, 1.807) is 31.2 Å². The minimum absolute atomic E-state index is 0.170. The molecule has 1 unspecified atom stereocenters. The van der Waals surface area contributed by atoms with Gasteiger partial charge >= 0.3 is 5.97 Å². The van der Waals surface area contributed by atoms with Crippen LogP contribution in [0.3, 0.4) is 0 Å². The molecule has 1 aliphatic heterocycles. The van der Waals surface area contributed by atoms with Crippen molar-refractivity contribution in [3.05, 3.63) is 76.3 Å². The molecule has 1 atom stereocenters. The molecule has 0 radical (unpaired) electrons. The molecule has 1 N–H and O–H groups in total. The van der Waals surface area contributed by atoms with Gasteiger partial charge in [0.15, 0.2) is 17.6 Å². The van der Waals surface area contributed by atoms with Crippen molar-refractivity contribution in [1.82, 2.24) is 15.1 Å². The average Bonchev–Trinajstić information content (AvgIpc) is 3.40. The number of nitrogens with one attached hydrogen (secondary N) is 1. The summed E-state index contributed by atoms with van der Waals surface area (Å²) in [5.74, 6) is -0.259. The van der Waals surface area contributed by atoms with E-state index in [4.69, 9.17) is 25.8 Å². The number of aryl methyl sites for hydroxylation is 1. The molecular formula is C24H21ClFN3O5. The zero-order valence-corrected chi connectivity index (χ0v) is 19.1. The van der Waals surface area contributed by atoms with Gasteiger partial charge in [-0.3, -0.25) is 4.79 Å². The fourth-order valence-electron chi connectivity index (χ4n) is 3.26. The first-order chi connectivity index (χ1) is 16.3. The van der Waals surface area contributed by atoms with Crippen LogP contribution in [0.4, 0.5) is 4.39 Å². The number of hydrogen-bond donors (Lipinski definition) is 1. The maximum absolute atomic E-state index is 13.2. The normalized spacial score (nSPS) is 13.2. The van der Waals surface area contributed by atoms with Gasteiger partial charge in [-0.25, -0.2) is 13.9 Å². The summed E-state index contributed by atoms with van der Waals surface area (Å²) >= 11 is 6.40. The molecule has 0 spiro atoms. The van der Waals surface area contributed by atoms with E-state index in [1.165, 1.54) is 35.9 Å². The summed E-state index contributed by atoms with van der Waals surface area (Å²) < 4.78 is 30.4. The number of amides is 1. The Hall–Kier alpha value is -3.85.